The van der Waals surface area contributed by atoms with Crippen molar-refractivity contribution in [3.8, 4) is 11.5 Å². The zero-order chi connectivity index (χ0) is 18.4. The maximum absolute atomic E-state index is 12.1. The van der Waals surface area contributed by atoms with Gasteiger partial charge >= 0.3 is 0 Å². The molecule has 6 heteroatoms. The smallest absolute Gasteiger partial charge is 0.237 e. The zero-order valence-electron chi connectivity index (χ0n) is 15.7. The summed E-state index contributed by atoms with van der Waals surface area (Å²) < 4.78 is 10.7. The number of methoxy groups -OCH3 is 2. The highest BCUT2D eigenvalue weighted by atomic mass is 16.5. The molecule has 3 atom stereocenters. The first kappa shape index (κ1) is 19.4. The van der Waals surface area contributed by atoms with Crippen LogP contribution in [-0.4, -0.2) is 45.8 Å². The Morgan fingerprint density at radius 1 is 1.32 bits per heavy atom. The normalized spacial score (nSPS) is 19.4. The van der Waals surface area contributed by atoms with Crippen LogP contribution in [0.5, 0.6) is 11.5 Å². The van der Waals surface area contributed by atoms with Gasteiger partial charge in [-0.1, -0.05) is 20.3 Å². The Morgan fingerprint density at radius 2 is 1.96 bits per heavy atom. The van der Waals surface area contributed by atoms with Crippen LogP contribution in [0.3, 0.4) is 0 Å². The van der Waals surface area contributed by atoms with E-state index in [1.807, 2.05) is 25.1 Å². The first-order chi connectivity index (χ1) is 12.0. The lowest BCUT2D eigenvalue weighted by Crippen LogP contribution is -2.46. The van der Waals surface area contributed by atoms with E-state index >= 15 is 0 Å². The van der Waals surface area contributed by atoms with Gasteiger partial charge in [0.25, 0.3) is 0 Å². The van der Waals surface area contributed by atoms with Gasteiger partial charge in [-0.25, -0.2) is 0 Å². The number of nitrogens with one attached hydrogen (secondary N) is 1. The Hall–Kier alpha value is -1.95. The quantitative estimate of drug-likeness (QED) is 0.751. The fourth-order valence-corrected chi connectivity index (χ4v) is 3.08. The molecule has 3 N–H and O–H groups in total. The molecule has 1 heterocycles. The maximum Gasteiger partial charge on any atom is 0.237 e. The van der Waals surface area contributed by atoms with E-state index in [2.05, 4.69) is 17.1 Å². The molecule has 1 aliphatic rings. The van der Waals surface area contributed by atoms with Crippen LogP contribution < -0.4 is 25.4 Å². The van der Waals surface area contributed by atoms with Gasteiger partial charge in [-0.05, 0) is 18.3 Å². The summed E-state index contributed by atoms with van der Waals surface area (Å²) in [5.74, 6) is 2.14. The Bertz CT molecular complexity index is 557. The predicted octanol–water partition coefficient (Wildman–Crippen LogP) is 2.02. The third kappa shape index (κ3) is 5.01. The van der Waals surface area contributed by atoms with E-state index in [-0.39, 0.29) is 11.8 Å². The highest BCUT2D eigenvalue weighted by Crippen LogP contribution is 2.31. The monoisotopic (exact) mass is 349 g/mol. The van der Waals surface area contributed by atoms with Gasteiger partial charge in [-0.3, -0.25) is 4.79 Å². The molecule has 0 saturated carbocycles. The third-order valence-corrected chi connectivity index (χ3v) is 5.11. The van der Waals surface area contributed by atoms with Crippen molar-refractivity contribution in [3.63, 3.8) is 0 Å². The molecule has 0 aliphatic carbocycles. The number of carbonyl (C=O) groups excluding carboxylic acids is 1. The van der Waals surface area contributed by atoms with E-state index in [0.717, 1.165) is 43.1 Å². The minimum absolute atomic E-state index is 0.0455. The topological polar surface area (TPSA) is 76.8 Å². The lowest BCUT2D eigenvalue weighted by molar-refractivity contribution is -0.123. The number of ether oxygens (including phenoxy) is 2. The number of rotatable bonds is 8. The molecule has 1 aliphatic heterocycles. The van der Waals surface area contributed by atoms with Crippen molar-refractivity contribution in [2.75, 3.05) is 38.8 Å². The highest BCUT2D eigenvalue weighted by Gasteiger charge is 2.25. The fraction of sp³-hybridized carbons (Fsp3) is 0.632. The molecule has 0 radical (unpaired) electrons. The molecule has 1 fully saturated rings. The minimum atomic E-state index is -0.426. The van der Waals surface area contributed by atoms with Crippen molar-refractivity contribution in [3.05, 3.63) is 18.2 Å². The predicted molar refractivity (Wildman–Crippen MR) is 100 cm³/mol. The number of nitrogens with zero attached hydrogens (tertiary/aromatic N) is 1. The van der Waals surface area contributed by atoms with Crippen LogP contribution in [0.4, 0.5) is 5.69 Å². The Balaban J connectivity index is 1.90. The van der Waals surface area contributed by atoms with Crippen LogP contribution in [0.2, 0.25) is 0 Å². The summed E-state index contributed by atoms with van der Waals surface area (Å²) in [5.41, 5.74) is 7.07. The molecule has 140 valence electrons. The van der Waals surface area contributed by atoms with Gasteiger partial charge in [0.2, 0.25) is 5.91 Å². The SMILES string of the molecule is CCC(C)C(N)C(=O)NCC1CCN(c2cc(OC)cc(OC)c2)C1. The van der Waals surface area contributed by atoms with E-state index in [1.165, 1.54) is 0 Å². The number of nitrogens with two attached hydrogens (primary N) is 1. The van der Waals surface area contributed by atoms with Crippen LogP contribution in [0, 0.1) is 11.8 Å². The standard InChI is InChI=1S/C19H31N3O3/c1-5-13(2)18(20)19(23)21-11-14-6-7-22(12-14)15-8-16(24-3)10-17(9-15)25-4/h8-10,13-14,18H,5-7,11-12,20H2,1-4H3,(H,21,23). The van der Waals surface area contributed by atoms with Crippen molar-refractivity contribution < 1.29 is 14.3 Å². The fourth-order valence-electron chi connectivity index (χ4n) is 3.08. The summed E-state index contributed by atoms with van der Waals surface area (Å²) >= 11 is 0. The van der Waals surface area contributed by atoms with E-state index in [4.69, 9.17) is 15.2 Å². The lowest BCUT2D eigenvalue weighted by atomic mass is 9.99. The van der Waals surface area contributed by atoms with Crippen molar-refractivity contribution >= 4 is 11.6 Å². The molecule has 0 bridgehead atoms. The molecular weight excluding hydrogens is 318 g/mol. The van der Waals surface area contributed by atoms with Crippen LogP contribution >= 0.6 is 0 Å². The average Bonchev–Trinajstić information content (AvgIpc) is 3.13. The molecule has 1 amide bonds. The summed E-state index contributed by atoms with van der Waals surface area (Å²) in [7, 11) is 3.31. The molecule has 25 heavy (non-hydrogen) atoms. The van der Waals surface area contributed by atoms with Crippen molar-refractivity contribution in [1.29, 1.82) is 0 Å². The maximum atomic E-state index is 12.1. The third-order valence-electron chi connectivity index (χ3n) is 5.11. The van der Waals surface area contributed by atoms with Gasteiger partial charge in [0.1, 0.15) is 11.5 Å². The second-order valence-electron chi connectivity index (χ2n) is 6.83. The second kappa shape index (κ2) is 8.94. The Morgan fingerprint density at radius 3 is 2.52 bits per heavy atom. The zero-order valence-corrected chi connectivity index (χ0v) is 15.7. The van der Waals surface area contributed by atoms with Crippen molar-refractivity contribution in [1.82, 2.24) is 5.32 Å². The summed E-state index contributed by atoms with van der Waals surface area (Å²) in [4.78, 5) is 14.4. The molecule has 1 aromatic rings. The van der Waals surface area contributed by atoms with Gasteiger partial charge < -0.3 is 25.4 Å². The van der Waals surface area contributed by atoms with Crippen LogP contribution in [0.15, 0.2) is 18.2 Å². The molecule has 1 aromatic carbocycles. The molecule has 6 nitrogen and oxygen atoms in total. The Kier molecular flexibility index (Phi) is 6.93. The first-order valence-electron chi connectivity index (χ1n) is 8.99. The lowest BCUT2D eigenvalue weighted by Gasteiger charge is -2.21. The summed E-state index contributed by atoms with van der Waals surface area (Å²) in [6.07, 6.45) is 1.95. The first-order valence-corrected chi connectivity index (χ1v) is 8.99. The van der Waals surface area contributed by atoms with E-state index in [9.17, 15) is 4.79 Å². The summed E-state index contributed by atoms with van der Waals surface area (Å²) in [5, 5.41) is 3.02. The molecule has 0 spiro atoms. The average molecular weight is 349 g/mol. The summed E-state index contributed by atoms with van der Waals surface area (Å²) in [6, 6.07) is 5.48. The van der Waals surface area contributed by atoms with E-state index in [1.54, 1.807) is 14.2 Å². The van der Waals surface area contributed by atoms with Gasteiger partial charge in [-0.2, -0.15) is 0 Å². The number of amides is 1. The van der Waals surface area contributed by atoms with Crippen LogP contribution in [-0.2, 0) is 4.79 Å². The summed E-state index contributed by atoms with van der Waals surface area (Å²) in [6.45, 7) is 6.58. The highest BCUT2D eigenvalue weighted by molar-refractivity contribution is 5.81. The van der Waals surface area contributed by atoms with Crippen LogP contribution in [0.25, 0.3) is 0 Å². The molecule has 1 saturated heterocycles. The number of benzene rings is 1. The number of anilines is 1. The molecule has 3 unspecified atom stereocenters. The number of hydrogen-bond donors (Lipinski definition) is 2. The van der Waals surface area contributed by atoms with Gasteiger partial charge in [0.15, 0.2) is 0 Å². The van der Waals surface area contributed by atoms with E-state index < -0.39 is 6.04 Å². The van der Waals surface area contributed by atoms with Crippen molar-refractivity contribution in [2.45, 2.75) is 32.7 Å². The minimum Gasteiger partial charge on any atom is -0.497 e. The molecule has 0 aromatic heterocycles. The second-order valence-corrected chi connectivity index (χ2v) is 6.83. The van der Waals surface area contributed by atoms with Gasteiger partial charge in [0, 0.05) is 43.5 Å². The largest absolute Gasteiger partial charge is 0.497 e. The van der Waals surface area contributed by atoms with Crippen LogP contribution in [0.1, 0.15) is 26.7 Å². The van der Waals surface area contributed by atoms with Gasteiger partial charge in [-0.15, -0.1) is 0 Å². The molecular formula is C19H31N3O3. The Labute approximate surface area is 150 Å². The molecule has 2 rings (SSSR count). The number of hydrogen-bond acceptors (Lipinski definition) is 5. The van der Waals surface area contributed by atoms with E-state index in [0.29, 0.717) is 12.5 Å². The van der Waals surface area contributed by atoms with Crippen molar-refractivity contribution in [2.24, 2.45) is 17.6 Å². The van der Waals surface area contributed by atoms with Gasteiger partial charge in [0.05, 0.1) is 20.3 Å². The number of carbonyl (C=O) groups is 1.